The standard InChI is InChI=1S/C6H14O3.C4H6S.2C2H4/c1-2-6(3-7,4-8)5-9;1-3-5-4-2;2*1-2/h7-9H,2-5H2,1H3;3-4H,1-2H2;2*1-2H2. The molecule has 0 amide bonds. The molecule has 4 heteroatoms. The average molecular weight is 276 g/mol. The third-order valence-electron chi connectivity index (χ3n) is 1.95. The third-order valence-corrected chi connectivity index (χ3v) is 2.33. The van der Waals surface area contributed by atoms with E-state index >= 15 is 0 Å². The van der Waals surface area contributed by atoms with Crippen molar-refractivity contribution in [1.29, 1.82) is 0 Å². The minimum absolute atomic E-state index is 0.156. The van der Waals surface area contributed by atoms with Gasteiger partial charge in [-0.05, 0) is 17.2 Å². The molecule has 3 nitrogen and oxygen atoms in total. The molecule has 18 heavy (non-hydrogen) atoms. The fourth-order valence-electron chi connectivity index (χ4n) is 0.553. The molecule has 0 aromatic carbocycles. The lowest BCUT2D eigenvalue weighted by molar-refractivity contribution is 0.00304. The normalized spacial score (nSPS) is 8.22. The lowest BCUT2D eigenvalue weighted by Crippen LogP contribution is -2.32. The van der Waals surface area contributed by atoms with Crippen molar-refractivity contribution in [3.05, 3.63) is 50.3 Å². The summed E-state index contributed by atoms with van der Waals surface area (Å²) in [5.41, 5.74) is -0.667. The summed E-state index contributed by atoms with van der Waals surface area (Å²) in [7, 11) is 0. The van der Waals surface area contributed by atoms with Crippen molar-refractivity contribution in [2.24, 2.45) is 5.41 Å². The van der Waals surface area contributed by atoms with Crippen molar-refractivity contribution in [2.45, 2.75) is 13.3 Å². The first-order valence-electron chi connectivity index (χ1n) is 5.36. The maximum atomic E-state index is 8.66. The van der Waals surface area contributed by atoms with E-state index in [0.717, 1.165) is 0 Å². The van der Waals surface area contributed by atoms with Crippen LogP contribution in [-0.4, -0.2) is 35.1 Å². The molecule has 0 saturated carbocycles. The molecular weight excluding hydrogens is 248 g/mol. The molecule has 0 unspecified atom stereocenters. The van der Waals surface area contributed by atoms with Crippen LogP contribution in [0.2, 0.25) is 0 Å². The second kappa shape index (κ2) is 25.1. The van der Waals surface area contributed by atoms with Crippen LogP contribution in [0, 0.1) is 5.41 Å². The number of thioether (sulfide) groups is 1. The molecule has 0 aliphatic heterocycles. The number of aliphatic hydroxyl groups excluding tert-OH is 3. The van der Waals surface area contributed by atoms with Crippen LogP contribution >= 0.6 is 11.8 Å². The molecule has 0 aliphatic carbocycles. The second-order valence-electron chi connectivity index (χ2n) is 2.80. The van der Waals surface area contributed by atoms with Crippen LogP contribution < -0.4 is 0 Å². The van der Waals surface area contributed by atoms with Gasteiger partial charge in [0.1, 0.15) is 0 Å². The Morgan fingerprint density at radius 1 is 0.889 bits per heavy atom. The van der Waals surface area contributed by atoms with Crippen LogP contribution in [0.15, 0.2) is 50.3 Å². The molecule has 0 heterocycles. The van der Waals surface area contributed by atoms with Crippen molar-refractivity contribution in [1.82, 2.24) is 0 Å². The SMILES string of the molecule is C=C.C=C.C=CSC=C.CCC(CO)(CO)CO. The zero-order chi connectivity index (χ0) is 15.4. The smallest absolute Gasteiger partial charge is 0.0531 e. The Bertz CT molecular complexity index is 143. The van der Waals surface area contributed by atoms with E-state index in [1.165, 1.54) is 11.8 Å². The monoisotopic (exact) mass is 276 g/mol. The van der Waals surface area contributed by atoms with Crippen LogP contribution in [0.25, 0.3) is 0 Å². The number of hydrogen-bond donors (Lipinski definition) is 3. The summed E-state index contributed by atoms with van der Waals surface area (Å²) >= 11 is 1.49. The lowest BCUT2D eigenvalue weighted by atomic mass is 9.88. The predicted octanol–water partition coefficient (Wildman–Crippen LogP) is 2.97. The maximum Gasteiger partial charge on any atom is 0.0531 e. The van der Waals surface area contributed by atoms with Crippen molar-refractivity contribution in [3.8, 4) is 0 Å². The summed E-state index contributed by atoms with van der Waals surface area (Å²) in [6.45, 7) is 20.2. The Balaban J connectivity index is -0.0000000925. The van der Waals surface area contributed by atoms with Crippen LogP contribution in [0.1, 0.15) is 13.3 Å². The van der Waals surface area contributed by atoms with Gasteiger partial charge in [0.2, 0.25) is 0 Å². The minimum Gasteiger partial charge on any atom is -0.396 e. The first-order chi connectivity index (χ1) is 8.66. The minimum atomic E-state index is -0.667. The van der Waals surface area contributed by atoms with Gasteiger partial charge < -0.3 is 15.3 Å². The first-order valence-corrected chi connectivity index (χ1v) is 6.30. The molecule has 0 bridgehead atoms. The van der Waals surface area contributed by atoms with E-state index in [2.05, 4.69) is 39.5 Å². The molecule has 0 atom stereocenters. The van der Waals surface area contributed by atoms with Gasteiger partial charge >= 0.3 is 0 Å². The van der Waals surface area contributed by atoms with E-state index in [1.807, 2.05) is 6.92 Å². The van der Waals surface area contributed by atoms with Gasteiger partial charge in [0.05, 0.1) is 19.8 Å². The molecule has 0 aromatic heterocycles. The van der Waals surface area contributed by atoms with Gasteiger partial charge in [-0.15, -0.1) is 38.1 Å². The molecule has 0 fully saturated rings. The quantitative estimate of drug-likeness (QED) is 0.653. The highest BCUT2D eigenvalue weighted by Crippen LogP contribution is 2.18. The topological polar surface area (TPSA) is 60.7 Å². The van der Waals surface area contributed by atoms with Gasteiger partial charge in [-0.3, -0.25) is 0 Å². The zero-order valence-corrected chi connectivity index (χ0v) is 12.3. The highest BCUT2D eigenvalue weighted by molar-refractivity contribution is 8.04. The van der Waals surface area contributed by atoms with E-state index < -0.39 is 5.41 Å². The molecule has 108 valence electrons. The lowest BCUT2D eigenvalue weighted by Gasteiger charge is -2.24. The van der Waals surface area contributed by atoms with E-state index in [-0.39, 0.29) is 19.8 Å². The Labute approximate surface area is 116 Å². The van der Waals surface area contributed by atoms with Crippen LogP contribution in [-0.2, 0) is 0 Å². The van der Waals surface area contributed by atoms with Gasteiger partial charge in [0.15, 0.2) is 0 Å². The fourth-order valence-corrected chi connectivity index (χ4v) is 0.690. The maximum absolute atomic E-state index is 8.66. The van der Waals surface area contributed by atoms with Gasteiger partial charge in [-0.25, -0.2) is 0 Å². The highest BCUT2D eigenvalue weighted by Gasteiger charge is 2.24. The Hall–Kier alpha value is -0.810. The van der Waals surface area contributed by atoms with Gasteiger partial charge in [-0.2, -0.15) is 0 Å². The molecule has 0 aromatic rings. The van der Waals surface area contributed by atoms with Crippen molar-refractivity contribution < 1.29 is 15.3 Å². The number of hydrogen-bond acceptors (Lipinski definition) is 4. The predicted molar refractivity (Wildman–Crippen MR) is 84.5 cm³/mol. The van der Waals surface area contributed by atoms with Gasteiger partial charge in [0, 0.05) is 5.41 Å². The van der Waals surface area contributed by atoms with Crippen molar-refractivity contribution in [2.75, 3.05) is 19.8 Å². The van der Waals surface area contributed by atoms with E-state index in [9.17, 15) is 0 Å². The van der Waals surface area contributed by atoms with Crippen molar-refractivity contribution >= 4 is 11.8 Å². The summed E-state index contributed by atoms with van der Waals surface area (Å²) in [5.74, 6) is 0. The molecular formula is C14H28O3S. The van der Waals surface area contributed by atoms with E-state index in [1.54, 1.807) is 10.8 Å². The molecule has 0 saturated heterocycles. The van der Waals surface area contributed by atoms with Crippen LogP contribution in [0.4, 0.5) is 0 Å². The first kappa shape index (κ1) is 25.9. The Morgan fingerprint density at radius 2 is 1.17 bits per heavy atom. The highest BCUT2D eigenvalue weighted by atomic mass is 32.2. The number of aliphatic hydroxyl groups is 3. The van der Waals surface area contributed by atoms with E-state index in [4.69, 9.17) is 15.3 Å². The van der Waals surface area contributed by atoms with Gasteiger partial charge in [-0.1, -0.05) is 20.1 Å². The van der Waals surface area contributed by atoms with Crippen LogP contribution in [0.3, 0.4) is 0 Å². The Morgan fingerprint density at radius 3 is 1.17 bits per heavy atom. The third kappa shape index (κ3) is 17.6. The average Bonchev–Trinajstić information content (AvgIpc) is 2.48. The second-order valence-corrected chi connectivity index (χ2v) is 3.74. The summed E-state index contributed by atoms with van der Waals surface area (Å²) in [6.07, 6.45) is 0.594. The molecule has 0 radical (unpaired) electrons. The molecule has 0 spiro atoms. The molecule has 0 aliphatic rings. The summed E-state index contributed by atoms with van der Waals surface area (Å²) in [6, 6.07) is 0. The zero-order valence-electron chi connectivity index (χ0n) is 11.5. The van der Waals surface area contributed by atoms with Crippen molar-refractivity contribution in [3.63, 3.8) is 0 Å². The molecule has 0 rings (SSSR count). The summed E-state index contributed by atoms with van der Waals surface area (Å²) in [4.78, 5) is 0. The fraction of sp³-hybridized carbons (Fsp3) is 0.429. The summed E-state index contributed by atoms with van der Waals surface area (Å²) in [5, 5.41) is 29.4. The summed E-state index contributed by atoms with van der Waals surface area (Å²) < 4.78 is 0. The molecule has 3 N–H and O–H groups in total. The van der Waals surface area contributed by atoms with Crippen LogP contribution in [0.5, 0.6) is 0 Å². The Kier molecular flexibility index (Phi) is 36.2. The largest absolute Gasteiger partial charge is 0.396 e. The number of rotatable bonds is 6. The van der Waals surface area contributed by atoms with Gasteiger partial charge in [0.25, 0.3) is 0 Å². The van der Waals surface area contributed by atoms with E-state index in [0.29, 0.717) is 6.42 Å².